The number of nitro groups is 2. The van der Waals surface area contributed by atoms with E-state index in [2.05, 4.69) is 0 Å². The van der Waals surface area contributed by atoms with Gasteiger partial charge in [0.05, 0.1) is 0 Å². The number of hydrogen-bond acceptors (Lipinski definition) is 4. The summed E-state index contributed by atoms with van der Waals surface area (Å²) in [5, 5.41) is 21.5. The van der Waals surface area contributed by atoms with E-state index in [-0.39, 0.29) is 6.42 Å². The van der Waals surface area contributed by atoms with E-state index in [4.69, 9.17) is 0 Å². The molecular weight excluding hydrogens is 224 g/mol. The van der Waals surface area contributed by atoms with Gasteiger partial charge in [0.15, 0.2) is 0 Å². The van der Waals surface area contributed by atoms with Gasteiger partial charge in [0, 0.05) is 16.3 Å². The molecule has 0 fully saturated rings. The van der Waals surface area contributed by atoms with Crippen LogP contribution in [-0.4, -0.2) is 22.4 Å². The Morgan fingerprint density at radius 3 is 2.18 bits per heavy atom. The lowest BCUT2D eigenvalue weighted by Gasteiger charge is -2.16. The first-order valence-electron chi connectivity index (χ1n) is 5.36. The highest BCUT2D eigenvalue weighted by Gasteiger charge is 2.34. The molecule has 6 heteroatoms. The van der Waals surface area contributed by atoms with Gasteiger partial charge in [-0.3, -0.25) is 20.2 Å². The molecular formula is C11H14N2O4. The number of rotatable bonds is 6. The van der Waals surface area contributed by atoms with Crippen molar-refractivity contribution in [2.75, 3.05) is 6.54 Å². The average Bonchev–Trinajstić information content (AvgIpc) is 2.29. The smallest absolute Gasteiger partial charge is 0.226 e. The van der Waals surface area contributed by atoms with Crippen LogP contribution >= 0.6 is 0 Å². The van der Waals surface area contributed by atoms with Gasteiger partial charge >= 0.3 is 0 Å². The standard InChI is InChI=1S/C11H14N2O4/c1-2-11(13(16)17)10(8-12(14)15)9-6-4-3-5-7-9/h3-7,10-11H,2,8H2,1H3/t10-,11+/m1/s1. The molecule has 1 aromatic carbocycles. The van der Waals surface area contributed by atoms with Crippen LogP contribution in [0, 0.1) is 20.2 Å². The van der Waals surface area contributed by atoms with E-state index >= 15 is 0 Å². The molecule has 0 aliphatic carbocycles. The topological polar surface area (TPSA) is 86.3 Å². The summed E-state index contributed by atoms with van der Waals surface area (Å²) >= 11 is 0. The lowest BCUT2D eigenvalue weighted by Crippen LogP contribution is -2.31. The van der Waals surface area contributed by atoms with Gasteiger partial charge in [0.2, 0.25) is 12.6 Å². The molecule has 0 amide bonds. The van der Waals surface area contributed by atoms with Gasteiger partial charge in [-0.05, 0) is 5.56 Å². The van der Waals surface area contributed by atoms with E-state index in [1.165, 1.54) is 0 Å². The fourth-order valence-corrected chi connectivity index (χ4v) is 1.89. The maximum Gasteiger partial charge on any atom is 0.226 e. The molecule has 0 saturated carbocycles. The first kappa shape index (κ1) is 13.1. The van der Waals surface area contributed by atoms with Crippen LogP contribution in [0.25, 0.3) is 0 Å². The minimum Gasteiger partial charge on any atom is -0.265 e. The van der Waals surface area contributed by atoms with Gasteiger partial charge in [-0.1, -0.05) is 37.3 Å². The predicted octanol–water partition coefficient (Wildman–Crippen LogP) is 2.10. The predicted molar refractivity (Wildman–Crippen MR) is 62.1 cm³/mol. The van der Waals surface area contributed by atoms with Crippen molar-refractivity contribution in [3.05, 3.63) is 56.1 Å². The molecule has 2 atom stereocenters. The third kappa shape index (κ3) is 3.51. The fourth-order valence-electron chi connectivity index (χ4n) is 1.89. The van der Waals surface area contributed by atoms with Crippen molar-refractivity contribution in [2.45, 2.75) is 25.3 Å². The third-order valence-corrected chi connectivity index (χ3v) is 2.73. The van der Waals surface area contributed by atoms with E-state index in [0.29, 0.717) is 5.56 Å². The molecule has 0 aliphatic heterocycles. The van der Waals surface area contributed by atoms with Crippen molar-refractivity contribution in [1.82, 2.24) is 0 Å². The van der Waals surface area contributed by atoms with E-state index in [1.807, 2.05) is 0 Å². The third-order valence-electron chi connectivity index (χ3n) is 2.73. The van der Waals surface area contributed by atoms with Crippen molar-refractivity contribution in [1.29, 1.82) is 0 Å². The molecule has 0 N–H and O–H groups in total. The Labute approximate surface area is 98.6 Å². The maximum absolute atomic E-state index is 10.9. The molecule has 17 heavy (non-hydrogen) atoms. The van der Waals surface area contributed by atoms with E-state index in [0.717, 1.165) is 0 Å². The Morgan fingerprint density at radius 2 is 1.76 bits per heavy atom. The average molecular weight is 238 g/mol. The van der Waals surface area contributed by atoms with E-state index in [9.17, 15) is 20.2 Å². The highest BCUT2D eigenvalue weighted by molar-refractivity contribution is 5.20. The van der Waals surface area contributed by atoms with E-state index < -0.39 is 28.4 Å². The summed E-state index contributed by atoms with van der Waals surface area (Å²) in [6.45, 7) is 1.26. The SMILES string of the molecule is CC[C@@H]([C@H](C[N+](=O)[O-])c1ccccc1)[N+](=O)[O-]. The van der Waals surface area contributed by atoms with Crippen LogP contribution in [0.3, 0.4) is 0 Å². The van der Waals surface area contributed by atoms with Crippen LogP contribution in [0.4, 0.5) is 0 Å². The zero-order valence-corrected chi connectivity index (χ0v) is 9.48. The summed E-state index contributed by atoms with van der Waals surface area (Å²) in [4.78, 5) is 20.6. The molecule has 92 valence electrons. The molecule has 1 aromatic rings. The molecule has 1 rings (SSSR count). The molecule has 6 nitrogen and oxygen atoms in total. The van der Waals surface area contributed by atoms with Gasteiger partial charge in [0.25, 0.3) is 0 Å². The quantitative estimate of drug-likeness (QED) is 0.561. The minimum atomic E-state index is -0.914. The summed E-state index contributed by atoms with van der Waals surface area (Å²) in [7, 11) is 0. The highest BCUT2D eigenvalue weighted by atomic mass is 16.6. The molecule has 0 aliphatic rings. The largest absolute Gasteiger partial charge is 0.265 e. The second-order valence-corrected chi connectivity index (χ2v) is 3.79. The van der Waals surface area contributed by atoms with Crippen LogP contribution in [0.1, 0.15) is 24.8 Å². The van der Waals surface area contributed by atoms with Crippen molar-refractivity contribution < 1.29 is 9.85 Å². The first-order chi connectivity index (χ1) is 8.06. The summed E-state index contributed by atoms with van der Waals surface area (Å²) < 4.78 is 0. The van der Waals surface area contributed by atoms with Crippen LogP contribution in [-0.2, 0) is 0 Å². The monoisotopic (exact) mass is 238 g/mol. The molecule has 0 spiro atoms. The Balaban J connectivity index is 3.02. The maximum atomic E-state index is 10.9. The summed E-state index contributed by atoms with van der Waals surface area (Å²) in [6, 6.07) is 7.72. The summed E-state index contributed by atoms with van der Waals surface area (Å²) in [6.07, 6.45) is 0.278. The Hall–Kier alpha value is -1.98. The van der Waals surface area contributed by atoms with Gasteiger partial charge in [-0.2, -0.15) is 0 Å². The van der Waals surface area contributed by atoms with Crippen LogP contribution in [0.2, 0.25) is 0 Å². The minimum absolute atomic E-state index is 0.278. The van der Waals surface area contributed by atoms with Gasteiger partial charge in [-0.25, -0.2) is 0 Å². The van der Waals surface area contributed by atoms with Crippen molar-refractivity contribution in [3.63, 3.8) is 0 Å². The normalized spacial score (nSPS) is 13.9. The lowest BCUT2D eigenvalue weighted by atomic mass is 9.90. The fraction of sp³-hybridized carbons (Fsp3) is 0.455. The lowest BCUT2D eigenvalue weighted by molar-refractivity contribution is -0.547. The Morgan fingerprint density at radius 1 is 1.18 bits per heavy atom. The number of benzene rings is 1. The van der Waals surface area contributed by atoms with Crippen LogP contribution in [0.15, 0.2) is 30.3 Å². The molecule has 0 bridgehead atoms. The number of hydrogen-bond donors (Lipinski definition) is 0. The summed E-state index contributed by atoms with van der Waals surface area (Å²) in [5.74, 6) is -0.675. The summed E-state index contributed by atoms with van der Waals surface area (Å²) in [5.41, 5.74) is 0.646. The van der Waals surface area contributed by atoms with Crippen LogP contribution in [0.5, 0.6) is 0 Å². The van der Waals surface area contributed by atoms with Crippen molar-refractivity contribution in [3.8, 4) is 0 Å². The first-order valence-corrected chi connectivity index (χ1v) is 5.36. The molecule has 0 radical (unpaired) electrons. The highest BCUT2D eigenvalue weighted by Crippen LogP contribution is 2.23. The van der Waals surface area contributed by atoms with Crippen molar-refractivity contribution >= 4 is 0 Å². The second kappa shape index (κ2) is 5.93. The molecule has 0 heterocycles. The second-order valence-electron chi connectivity index (χ2n) is 3.79. The number of nitrogens with zero attached hydrogens (tertiary/aromatic N) is 2. The molecule has 0 saturated heterocycles. The molecule has 0 aromatic heterocycles. The Bertz CT molecular complexity index is 394. The van der Waals surface area contributed by atoms with Gasteiger partial charge in [-0.15, -0.1) is 0 Å². The van der Waals surface area contributed by atoms with Crippen LogP contribution < -0.4 is 0 Å². The molecule has 0 unspecified atom stereocenters. The van der Waals surface area contributed by atoms with Gasteiger partial charge < -0.3 is 0 Å². The zero-order valence-electron chi connectivity index (χ0n) is 9.48. The zero-order chi connectivity index (χ0) is 12.8. The van der Waals surface area contributed by atoms with Gasteiger partial charge in [0.1, 0.15) is 5.92 Å². The van der Waals surface area contributed by atoms with E-state index in [1.54, 1.807) is 37.3 Å². The van der Waals surface area contributed by atoms with Crippen molar-refractivity contribution in [2.24, 2.45) is 0 Å². The Kier molecular flexibility index (Phi) is 4.56.